The minimum absolute atomic E-state index is 0.0354. The van der Waals surface area contributed by atoms with Crippen molar-refractivity contribution < 1.29 is 23.5 Å². The van der Waals surface area contributed by atoms with Gasteiger partial charge in [-0.3, -0.25) is 9.59 Å². The Morgan fingerprint density at radius 3 is 2.19 bits per heavy atom. The maximum absolute atomic E-state index is 15.3. The number of carboxylic acids is 1. The van der Waals surface area contributed by atoms with Crippen LogP contribution in [0.3, 0.4) is 0 Å². The first-order valence-electron chi connectivity index (χ1n) is 10.2. The third kappa shape index (κ3) is 6.03. The normalized spacial score (nSPS) is 11.2. The smallest absolute Gasteiger partial charge is 0.322 e. The molecule has 170 valence electrons. The largest absolute Gasteiger partial charge is 0.480 e. The van der Waals surface area contributed by atoms with E-state index in [1.165, 1.54) is 32.4 Å². The van der Waals surface area contributed by atoms with Gasteiger partial charge in [-0.1, -0.05) is 23.8 Å². The van der Waals surface area contributed by atoms with Gasteiger partial charge in [-0.15, -0.1) is 0 Å². The Morgan fingerprint density at radius 1 is 1.00 bits per heavy atom. The minimum atomic E-state index is -1.20. The predicted octanol–water partition coefficient (Wildman–Crippen LogP) is 5.23. The van der Waals surface area contributed by atoms with Crippen LogP contribution in [0.4, 0.5) is 14.5 Å². The number of carbonyl (C=O) groups is 2. The summed E-state index contributed by atoms with van der Waals surface area (Å²) >= 11 is 0. The Kier molecular flexibility index (Phi) is 8.29. The molecule has 0 bridgehead atoms. The first-order chi connectivity index (χ1) is 15.0. The highest BCUT2D eigenvalue weighted by molar-refractivity contribution is 5.98. The molecular weight excluding hydrogens is 414 g/mol. The molecule has 0 unspecified atom stereocenters. The molecule has 0 atom stereocenters. The highest BCUT2D eigenvalue weighted by atomic mass is 19.1. The van der Waals surface area contributed by atoms with Crippen molar-refractivity contribution in [1.29, 1.82) is 0 Å². The first kappa shape index (κ1) is 24.8. The van der Waals surface area contributed by atoms with Gasteiger partial charge in [0.1, 0.15) is 18.2 Å². The molecule has 32 heavy (non-hydrogen) atoms. The molecule has 1 amide bonds. The maximum Gasteiger partial charge on any atom is 0.322 e. The third-order valence-corrected chi connectivity index (χ3v) is 5.00. The minimum Gasteiger partial charge on any atom is -0.480 e. The number of carbonyl (C=O) groups excluding carboxylic acids is 1. The van der Waals surface area contributed by atoms with Crippen LogP contribution >= 0.6 is 0 Å². The van der Waals surface area contributed by atoms with E-state index in [9.17, 15) is 9.59 Å². The highest BCUT2D eigenvalue weighted by Crippen LogP contribution is 2.34. The zero-order chi connectivity index (χ0) is 24.0. The van der Waals surface area contributed by atoms with Crippen molar-refractivity contribution in [1.82, 2.24) is 5.32 Å². The van der Waals surface area contributed by atoms with Gasteiger partial charge >= 0.3 is 5.97 Å². The van der Waals surface area contributed by atoms with Gasteiger partial charge < -0.3 is 15.7 Å². The van der Waals surface area contributed by atoms with Crippen molar-refractivity contribution >= 4 is 23.6 Å². The number of amides is 1. The van der Waals surface area contributed by atoms with Gasteiger partial charge in [0, 0.05) is 28.9 Å². The van der Waals surface area contributed by atoms with Gasteiger partial charge in [-0.25, -0.2) is 8.78 Å². The van der Waals surface area contributed by atoms with Gasteiger partial charge in [0.05, 0.1) is 0 Å². The molecule has 0 saturated carbocycles. The van der Waals surface area contributed by atoms with E-state index in [-0.39, 0.29) is 27.8 Å². The number of benzene rings is 2. The van der Waals surface area contributed by atoms with Crippen LogP contribution in [0.5, 0.6) is 0 Å². The van der Waals surface area contributed by atoms with E-state index in [1.807, 2.05) is 32.1 Å². The SMILES string of the molecule is CC(C)=CCNc1ccc(-c2c(C)c(F)c(/C=C(\C)C(=O)NCC(=O)O)c(C)c2F)cc1. The molecule has 0 aliphatic heterocycles. The summed E-state index contributed by atoms with van der Waals surface area (Å²) in [5.74, 6) is -3.06. The van der Waals surface area contributed by atoms with E-state index in [1.54, 1.807) is 12.1 Å². The van der Waals surface area contributed by atoms with E-state index in [0.29, 0.717) is 12.1 Å². The lowest BCUT2D eigenvalue weighted by Crippen LogP contribution is -2.29. The third-order valence-electron chi connectivity index (χ3n) is 5.00. The molecular formula is C25H28F2N2O3. The Hall–Kier alpha value is -3.48. The van der Waals surface area contributed by atoms with E-state index in [2.05, 4.69) is 10.6 Å². The molecule has 0 aliphatic carbocycles. The summed E-state index contributed by atoms with van der Waals surface area (Å²) in [7, 11) is 0. The Bertz CT molecular complexity index is 1050. The number of carboxylic acid groups (broad SMARTS) is 1. The number of halogens is 2. The Balaban J connectivity index is 2.38. The van der Waals surface area contributed by atoms with Crippen molar-refractivity contribution in [3.8, 4) is 11.1 Å². The molecule has 0 aromatic heterocycles. The average molecular weight is 443 g/mol. The average Bonchev–Trinajstić information content (AvgIpc) is 2.74. The fourth-order valence-corrected chi connectivity index (χ4v) is 3.17. The summed E-state index contributed by atoms with van der Waals surface area (Å²) in [6, 6.07) is 7.08. The van der Waals surface area contributed by atoms with Crippen LogP contribution in [0.25, 0.3) is 17.2 Å². The Labute approximate surface area is 186 Å². The topological polar surface area (TPSA) is 78.4 Å². The van der Waals surface area contributed by atoms with Crippen LogP contribution in [0.2, 0.25) is 0 Å². The van der Waals surface area contributed by atoms with Crippen LogP contribution in [-0.4, -0.2) is 30.1 Å². The second-order valence-electron chi connectivity index (χ2n) is 7.81. The lowest BCUT2D eigenvalue weighted by molar-refractivity contribution is -0.137. The van der Waals surface area contributed by atoms with Crippen molar-refractivity contribution in [3.05, 3.63) is 69.8 Å². The summed E-state index contributed by atoms with van der Waals surface area (Å²) in [4.78, 5) is 22.6. The van der Waals surface area contributed by atoms with Crippen molar-refractivity contribution in [3.63, 3.8) is 0 Å². The standard InChI is InChI=1S/C25H28F2N2O3/c1-14(2)10-11-28-19-8-6-18(7-9-19)22-17(5)23(26)20(16(4)24(22)27)12-15(3)25(32)29-13-21(30)31/h6-10,12,28H,11,13H2,1-5H3,(H,29,32)(H,30,31)/b15-12+. The van der Waals surface area contributed by atoms with Crippen molar-refractivity contribution in [2.45, 2.75) is 34.6 Å². The molecule has 0 radical (unpaired) electrons. The molecule has 0 spiro atoms. The summed E-state index contributed by atoms with van der Waals surface area (Å²) in [5, 5.41) is 14.1. The number of aliphatic carboxylic acids is 1. The molecule has 2 aromatic carbocycles. The Morgan fingerprint density at radius 2 is 1.62 bits per heavy atom. The van der Waals surface area contributed by atoms with Crippen molar-refractivity contribution in [2.75, 3.05) is 18.4 Å². The molecule has 7 heteroatoms. The van der Waals surface area contributed by atoms with Gasteiger partial charge in [-0.05, 0) is 69.5 Å². The quantitative estimate of drug-likeness (QED) is 0.386. The number of nitrogens with one attached hydrogen (secondary N) is 2. The number of rotatable bonds is 8. The van der Waals surface area contributed by atoms with Crippen LogP contribution in [0.15, 0.2) is 41.5 Å². The number of hydrogen-bond donors (Lipinski definition) is 3. The first-order valence-corrected chi connectivity index (χ1v) is 10.2. The lowest BCUT2D eigenvalue weighted by atomic mass is 9.92. The second-order valence-corrected chi connectivity index (χ2v) is 7.81. The fraction of sp³-hybridized carbons (Fsp3) is 0.280. The van der Waals surface area contributed by atoms with Gasteiger partial charge in [0.25, 0.3) is 0 Å². The van der Waals surface area contributed by atoms with E-state index in [4.69, 9.17) is 5.11 Å². The summed E-state index contributed by atoms with van der Waals surface area (Å²) < 4.78 is 30.5. The van der Waals surface area contributed by atoms with Gasteiger partial charge in [0.2, 0.25) is 5.91 Å². The second kappa shape index (κ2) is 10.7. The van der Waals surface area contributed by atoms with E-state index >= 15 is 8.78 Å². The van der Waals surface area contributed by atoms with Gasteiger partial charge in [-0.2, -0.15) is 0 Å². The van der Waals surface area contributed by atoms with E-state index in [0.717, 1.165) is 5.69 Å². The maximum atomic E-state index is 15.3. The monoisotopic (exact) mass is 442 g/mol. The molecule has 0 fully saturated rings. The molecule has 5 nitrogen and oxygen atoms in total. The number of allylic oxidation sites excluding steroid dienone is 1. The van der Waals surface area contributed by atoms with Crippen LogP contribution in [0, 0.1) is 25.5 Å². The number of anilines is 1. The van der Waals surface area contributed by atoms with E-state index < -0.39 is 30.1 Å². The highest BCUT2D eigenvalue weighted by Gasteiger charge is 2.21. The molecule has 0 saturated heterocycles. The fourth-order valence-electron chi connectivity index (χ4n) is 3.17. The molecule has 0 heterocycles. The zero-order valence-corrected chi connectivity index (χ0v) is 18.9. The van der Waals surface area contributed by atoms with Crippen molar-refractivity contribution in [2.24, 2.45) is 0 Å². The lowest BCUT2D eigenvalue weighted by Gasteiger charge is -2.16. The van der Waals surface area contributed by atoms with Gasteiger partial charge in [0.15, 0.2) is 0 Å². The predicted molar refractivity (Wildman–Crippen MR) is 123 cm³/mol. The van der Waals surface area contributed by atoms with Crippen LogP contribution in [-0.2, 0) is 9.59 Å². The molecule has 2 aromatic rings. The molecule has 3 N–H and O–H groups in total. The molecule has 2 rings (SSSR count). The van der Waals surface area contributed by atoms with Crippen LogP contribution < -0.4 is 10.6 Å². The molecule has 0 aliphatic rings. The zero-order valence-electron chi connectivity index (χ0n) is 18.9. The van der Waals surface area contributed by atoms with Crippen LogP contribution in [0.1, 0.15) is 37.5 Å². The summed E-state index contributed by atoms with van der Waals surface area (Å²) in [5.41, 5.74) is 3.01. The number of hydrogen-bond acceptors (Lipinski definition) is 3. The summed E-state index contributed by atoms with van der Waals surface area (Å²) in [6.45, 7) is 8.49. The summed E-state index contributed by atoms with van der Waals surface area (Å²) in [6.07, 6.45) is 3.28.